The minimum atomic E-state index is -0.579. The largest absolute Gasteiger partial charge is 0.492 e. The zero-order valence-corrected chi connectivity index (χ0v) is 9.54. The van der Waals surface area contributed by atoms with Gasteiger partial charge in [0.15, 0.2) is 5.78 Å². The molecule has 0 spiro atoms. The number of Topliss-reactive ketones (excluding diaryl/α,β-unsaturated/α-hetero) is 1. The van der Waals surface area contributed by atoms with Gasteiger partial charge in [0.05, 0.1) is 17.7 Å². The Hall–Kier alpha value is -1.22. The molecule has 1 aromatic rings. The number of hydrogen-bond donors (Lipinski definition) is 1. The van der Waals surface area contributed by atoms with Gasteiger partial charge in [-0.15, -0.1) is 11.6 Å². The smallest absolute Gasteiger partial charge is 0.182 e. The zero-order chi connectivity index (χ0) is 11.4. The second-order valence-corrected chi connectivity index (χ2v) is 3.79. The van der Waals surface area contributed by atoms with E-state index in [1.54, 1.807) is 25.1 Å². The van der Waals surface area contributed by atoms with Crippen molar-refractivity contribution in [1.82, 2.24) is 0 Å². The van der Waals surface area contributed by atoms with Crippen molar-refractivity contribution in [2.24, 2.45) is 0 Å². The molecule has 0 saturated carbocycles. The summed E-state index contributed by atoms with van der Waals surface area (Å²) < 4.78 is 5.29. The van der Waals surface area contributed by atoms with Crippen LogP contribution in [0.1, 0.15) is 24.2 Å². The second kappa shape index (κ2) is 5.03. The molecule has 0 aliphatic rings. The topological polar surface area (TPSA) is 52.3 Å². The van der Waals surface area contributed by atoms with E-state index in [2.05, 4.69) is 0 Å². The average molecular weight is 228 g/mol. The van der Waals surface area contributed by atoms with E-state index in [-0.39, 0.29) is 5.78 Å². The first kappa shape index (κ1) is 11.9. The van der Waals surface area contributed by atoms with Crippen molar-refractivity contribution in [3.8, 4) is 5.75 Å². The summed E-state index contributed by atoms with van der Waals surface area (Å²) in [6.45, 7) is 3.99. The number of anilines is 1. The third-order valence-electron chi connectivity index (χ3n) is 1.99. The first-order valence-electron chi connectivity index (χ1n) is 4.77. The summed E-state index contributed by atoms with van der Waals surface area (Å²) >= 11 is 5.72. The lowest BCUT2D eigenvalue weighted by Crippen LogP contribution is -2.13. The van der Waals surface area contributed by atoms with Crippen LogP contribution in [0.2, 0.25) is 0 Å². The molecule has 82 valence electrons. The van der Waals surface area contributed by atoms with Crippen molar-refractivity contribution in [1.29, 1.82) is 0 Å². The highest BCUT2D eigenvalue weighted by atomic mass is 35.5. The predicted molar refractivity (Wildman–Crippen MR) is 61.7 cm³/mol. The maximum atomic E-state index is 11.7. The van der Waals surface area contributed by atoms with Gasteiger partial charge in [-0.25, -0.2) is 0 Å². The van der Waals surface area contributed by atoms with Crippen molar-refractivity contribution in [3.05, 3.63) is 23.8 Å². The average Bonchev–Trinajstić information content (AvgIpc) is 2.20. The number of ketones is 1. The van der Waals surface area contributed by atoms with Gasteiger partial charge in [-0.2, -0.15) is 0 Å². The van der Waals surface area contributed by atoms with Crippen LogP contribution in [0, 0.1) is 0 Å². The van der Waals surface area contributed by atoms with Crippen LogP contribution in [-0.2, 0) is 0 Å². The molecule has 1 atom stereocenters. The van der Waals surface area contributed by atoms with Crippen LogP contribution in [-0.4, -0.2) is 17.8 Å². The molecule has 3 nitrogen and oxygen atoms in total. The lowest BCUT2D eigenvalue weighted by molar-refractivity contribution is 0.0992. The Balaban J connectivity index is 3.09. The van der Waals surface area contributed by atoms with Crippen LogP contribution in [0.15, 0.2) is 18.2 Å². The molecule has 0 aliphatic heterocycles. The number of nitrogen functional groups attached to an aromatic ring is 1. The number of para-hydroxylation sites is 1. The number of carbonyl (C=O) groups excluding carboxylic acids is 1. The van der Waals surface area contributed by atoms with Crippen LogP contribution >= 0.6 is 11.6 Å². The first-order chi connectivity index (χ1) is 7.07. The summed E-state index contributed by atoms with van der Waals surface area (Å²) in [6, 6.07) is 5.11. The van der Waals surface area contributed by atoms with E-state index in [0.29, 0.717) is 23.6 Å². The SMILES string of the molecule is CCOc1cccc(C(=O)C(C)Cl)c1N. The highest BCUT2D eigenvalue weighted by molar-refractivity contribution is 6.34. The molecule has 0 amide bonds. The van der Waals surface area contributed by atoms with E-state index >= 15 is 0 Å². The quantitative estimate of drug-likeness (QED) is 0.489. The lowest BCUT2D eigenvalue weighted by atomic mass is 10.1. The fourth-order valence-corrected chi connectivity index (χ4v) is 1.37. The van der Waals surface area contributed by atoms with E-state index in [9.17, 15) is 4.79 Å². The highest BCUT2D eigenvalue weighted by Gasteiger charge is 2.17. The molecule has 15 heavy (non-hydrogen) atoms. The molecule has 0 saturated heterocycles. The Morgan fingerprint density at radius 2 is 2.27 bits per heavy atom. The molecule has 2 N–H and O–H groups in total. The normalized spacial score (nSPS) is 12.2. The molecule has 0 heterocycles. The Kier molecular flexibility index (Phi) is 3.97. The van der Waals surface area contributed by atoms with Crippen LogP contribution in [0.5, 0.6) is 5.75 Å². The van der Waals surface area contributed by atoms with Crippen molar-refractivity contribution in [2.45, 2.75) is 19.2 Å². The first-order valence-corrected chi connectivity index (χ1v) is 5.21. The number of alkyl halides is 1. The molecule has 1 unspecified atom stereocenters. The number of hydrogen-bond acceptors (Lipinski definition) is 3. The molecule has 0 aliphatic carbocycles. The van der Waals surface area contributed by atoms with Gasteiger partial charge in [-0.3, -0.25) is 4.79 Å². The number of nitrogens with two attached hydrogens (primary N) is 1. The molecule has 0 fully saturated rings. The van der Waals surface area contributed by atoms with Crippen molar-refractivity contribution in [2.75, 3.05) is 12.3 Å². The summed E-state index contributed by atoms with van der Waals surface area (Å²) in [7, 11) is 0. The molecule has 1 rings (SSSR count). The third kappa shape index (κ3) is 2.63. The highest BCUT2D eigenvalue weighted by Crippen LogP contribution is 2.26. The fraction of sp³-hybridized carbons (Fsp3) is 0.364. The Bertz CT molecular complexity index is 364. The van der Waals surface area contributed by atoms with Gasteiger partial charge in [0.1, 0.15) is 5.75 Å². The number of rotatable bonds is 4. The van der Waals surface area contributed by atoms with E-state index in [4.69, 9.17) is 22.1 Å². The predicted octanol–water partition coefficient (Wildman–Crippen LogP) is 2.48. The number of carbonyl (C=O) groups is 1. The molecular formula is C11H14ClNO2. The summed E-state index contributed by atoms with van der Waals surface area (Å²) in [5, 5.41) is -0.579. The number of ether oxygens (including phenoxy) is 1. The van der Waals surface area contributed by atoms with E-state index in [1.165, 1.54) is 0 Å². The summed E-state index contributed by atoms with van der Waals surface area (Å²) in [5.41, 5.74) is 6.58. The van der Waals surface area contributed by atoms with Gasteiger partial charge in [-0.05, 0) is 26.0 Å². The molecule has 0 aromatic heterocycles. The van der Waals surface area contributed by atoms with Crippen molar-refractivity contribution in [3.63, 3.8) is 0 Å². The van der Waals surface area contributed by atoms with Crippen LogP contribution in [0.25, 0.3) is 0 Å². The van der Waals surface area contributed by atoms with Crippen molar-refractivity contribution < 1.29 is 9.53 Å². The van der Waals surface area contributed by atoms with Gasteiger partial charge in [0.2, 0.25) is 0 Å². The van der Waals surface area contributed by atoms with Gasteiger partial charge in [-0.1, -0.05) is 6.07 Å². The van der Waals surface area contributed by atoms with E-state index < -0.39 is 5.38 Å². The maximum Gasteiger partial charge on any atom is 0.182 e. The third-order valence-corrected chi connectivity index (χ3v) is 2.19. The van der Waals surface area contributed by atoms with Crippen LogP contribution in [0.4, 0.5) is 5.69 Å². The molecule has 0 bridgehead atoms. The van der Waals surface area contributed by atoms with Crippen LogP contribution in [0.3, 0.4) is 0 Å². The number of benzene rings is 1. The fourth-order valence-electron chi connectivity index (χ4n) is 1.25. The summed E-state index contributed by atoms with van der Waals surface area (Å²) in [6.07, 6.45) is 0. The summed E-state index contributed by atoms with van der Waals surface area (Å²) in [5.74, 6) is 0.344. The standard InChI is InChI=1S/C11H14ClNO2/c1-3-15-9-6-4-5-8(10(9)13)11(14)7(2)12/h4-7H,3,13H2,1-2H3. The minimum Gasteiger partial charge on any atom is -0.492 e. The van der Waals surface area contributed by atoms with E-state index in [0.717, 1.165) is 0 Å². The van der Waals surface area contributed by atoms with Gasteiger partial charge in [0.25, 0.3) is 0 Å². The minimum absolute atomic E-state index is 0.185. The zero-order valence-electron chi connectivity index (χ0n) is 8.79. The lowest BCUT2D eigenvalue weighted by Gasteiger charge is -2.11. The molecule has 4 heteroatoms. The molecule has 1 aromatic carbocycles. The summed E-state index contributed by atoms with van der Waals surface area (Å²) in [4.78, 5) is 11.7. The van der Waals surface area contributed by atoms with Crippen molar-refractivity contribution >= 4 is 23.1 Å². The monoisotopic (exact) mass is 227 g/mol. The number of halogens is 1. The van der Waals surface area contributed by atoms with Gasteiger partial charge < -0.3 is 10.5 Å². The molecule has 0 radical (unpaired) electrons. The van der Waals surface area contributed by atoms with Gasteiger partial charge >= 0.3 is 0 Å². The molecular weight excluding hydrogens is 214 g/mol. The van der Waals surface area contributed by atoms with Gasteiger partial charge in [0, 0.05) is 5.56 Å². The Labute approximate surface area is 94.2 Å². The Morgan fingerprint density at radius 3 is 2.80 bits per heavy atom. The maximum absolute atomic E-state index is 11.7. The van der Waals surface area contributed by atoms with E-state index in [1.807, 2.05) is 6.92 Å². The van der Waals surface area contributed by atoms with Crippen LogP contribution < -0.4 is 10.5 Å². The second-order valence-electron chi connectivity index (χ2n) is 3.13. The Morgan fingerprint density at radius 1 is 1.60 bits per heavy atom.